The lowest BCUT2D eigenvalue weighted by atomic mass is 10.1. The Labute approximate surface area is 158 Å². The van der Waals surface area contributed by atoms with Gasteiger partial charge >= 0.3 is 0 Å². The molecule has 140 valence electrons. The van der Waals surface area contributed by atoms with Crippen LogP contribution >= 0.6 is 0 Å². The van der Waals surface area contributed by atoms with E-state index in [1.165, 1.54) is 19.5 Å². The number of hydrogen-bond acceptors (Lipinski definition) is 6. The van der Waals surface area contributed by atoms with Gasteiger partial charge in [-0.2, -0.15) is 5.10 Å². The third-order valence-electron chi connectivity index (χ3n) is 4.23. The van der Waals surface area contributed by atoms with Gasteiger partial charge < -0.3 is 9.47 Å². The third-order valence-corrected chi connectivity index (χ3v) is 4.23. The van der Waals surface area contributed by atoms with E-state index in [2.05, 4.69) is 28.9 Å². The first kappa shape index (κ1) is 18.6. The van der Waals surface area contributed by atoms with Gasteiger partial charge in [-0.25, -0.2) is 0 Å². The summed E-state index contributed by atoms with van der Waals surface area (Å²) in [5.74, 6) is 0.739. The number of aromatic nitrogens is 4. The van der Waals surface area contributed by atoms with Gasteiger partial charge in [-0.05, 0) is 32.9 Å². The molecule has 1 unspecified atom stereocenters. The van der Waals surface area contributed by atoms with Gasteiger partial charge in [0.1, 0.15) is 11.7 Å². The standard InChI is InChI=1S/C20H22N4O3/c1-13(2)24-17(7-9-23-24)20-15(6-5-8-22-20)14(3)27-19-11-21-10-18(26-4)16(19)12-25/h5-14H,1-4H3. The summed E-state index contributed by atoms with van der Waals surface area (Å²) < 4.78 is 13.2. The lowest BCUT2D eigenvalue weighted by Crippen LogP contribution is -2.11. The first-order valence-electron chi connectivity index (χ1n) is 8.69. The lowest BCUT2D eigenvalue weighted by Gasteiger charge is -2.20. The van der Waals surface area contributed by atoms with Crippen molar-refractivity contribution in [2.45, 2.75) is 32.9 Å². The second-order valence-electron chi connectivity index (χ2n) is 6.33. The van der Waals surface area contributed by atoms with Gasteiger partial charge in [0, 0.05) is 24.0 Å². The molecule has 0 saturated heterocycles. The maximum Gasteiger partial charge on any atom is 0.157 e. The fourth-order valence-electron chi connectivity index (χ4n) is 2.93. The summed E-state index contributed by atoms with van der Waals surface area (Å²) in [4.78, 5) is 20.1. The molecule has 7 heteroatoms. The van der Waals surface area contributed by atoms with Crippen molar-refractivity contribution in [2.75, 3.05) is 7.11 Å². The zero-order chi connectivity index (χ0) is 19.4. The Hall–Kier alpha value is -3.22. The molecule has 7 nitrogen and oxygen atoms in total. The van der Waals surface area contributed by atoms with Crippen LogP contribution in [-0.4, -0.2) is 33.1 Å². The first-order valence-corrected chi connectivity index (χ1v) is 8.69. The maximum atomic E-state index is 11.5. The highest BCUT2D eigenvalue weighted by molar-refractivity contribution is 5.83. The minimum absolute atomic E-state index is 0.199. The van der Waals surface area contributed by atoms with Gasteiger partial charge in [0.25, 0.3) is 0 Å². The van der Waals surface area contributed by atoms with E-state index in [0.717, 1.165) is 17.0 Å². The van der Waals surface area contributed by atoms with Crippen molar-refractivity contribution < 1.29 is 14.3 Å². The molecule has 0 spiro atoms. The fourth-order valence-corrected chi connectivity index (χ4v) is 2.93. The molecule has 3 aromatic rings. The number of aldehydes is 1. The summed E-state index contributed by atoms with van der Waals surface area (Å²) in [5, 5.41) is 4.39. The van der Waals surface area contributed by atoms with Crippen molar-refractivity contribution >= 4 is 6.29 Å². The van der Waals surface area contributed by atoms with Gasteiger partial charge in [0.15, 0.2) is 17.8 Å². The molecule has 0 aliphatic rings. The molecular formula is C20H22N4O3. The molecule has 3 aromatic heterocycles. The quantitative estimate of drug-likeness (QED) is 0.590. The average Bonchev–Trinajstić information content (AvgIpc) is 3.17. The summed E-state index contributed by atoms with van der Waals surface area (Å²) in [6.45, 7) is 6.04. The second kappa shape index (κ2) is 7.99. The van der Waals surface area contributed by atoms with E-state index >= 15 is 0 Å². The molecule has 0 fully saturated rings. The Kier molecular flexibility index (Phi) is 5.49. The van der Waals surface area contributed by atoms with Crippen molar-refractivity contribution in [2.24, 2.45) is 0 Å². The zero-order valence-corrected chi connectivity index (χ0v) is 15.8. The highest BCUT2D eigenvalue weighted by Gasteiger charge is 2.20. The smallest absolute Gasteiger partial charge is 0.157 e. The van der Waals surface area contributed by atoms with Crippen molar-refractivity contribution in [1.82, 2.24) is 19.7 Å². The lowest BCUT2D eigenvalue weighted by molar-refractivity contribution is 0.111. The molecule has 27 heavy (non-hydrogen) atoms. The predicted molar refractivity (Wildman–Crippen MR) is 101 cm³/mol. The molecule has 0 bridgehead atoms. The molecule has 0 amide bonds. The number of pyridine rings is 2. The Morgan fingerprint density at radius 3 is 2.59 bits per heavy atom. The SMILES string of the molecule is COc1cncc(OC(C)c2cccnc2-c2ccnn2C(C)C)c1C=O. The van der Waals surface area contributed by atoms with Crippen LogP contribution in [0.5, 0.6) is 11.5 Å². The monoisotopic (exact) mass is 366 g/mol. The molecule has 1 atom stereocenters. The largest absolute Gasteiger partial charge is 0.494 e. The number of hydrogen-bond donors (Lipinski definition) is 0. The van der Waals surface area contributed by atoms with E-state index in [1.807, 2.05) is 29.8 Å². The van der Waals surface area contributed by atoms with E-state index in [-0.39, 0.29) is 12.1 Å². The second-order valence-corrected chi connectivity index (χ2v) is 6.33. The number of carbonyl (C=O) groups is 1. The number of ether oxygens (including phenoxy) is 2. The molecule has 0 radical (unpaired) electrons. The van der Waals surface area contributed by atoms with Crippen molar-refractivity contribution in [3.05, 3.63) is 54.1 Å². The molecule has 3 rings (SSSR count). The van der Waals surface area contributed by atoms with E-state index in [0.29, 0.717) is 23.3 Å². The van der Waals surface area contributed by atoms with Crippen LogP contribution in [-0.2, 0) is 0 Å². The molecule has 0 aromatic carbocycles. The van der Waals surface area contributed by atoms with E-state index in [9.17, 15) is 4.79 Å². The van der Waals surface area contributed by atoms with Crippen LogP contribution in [0.25, 0.3) is 11.4 Å². The highest BCUT2D eigenvalue weighted by atomic mass is 16.5. The minimum atomic E-state index is -0.364. The Morgan fingerprint density at radius 1 is 1.11 bits per heavy atom. The topological polar surface area (TPSA) is 79.1 Å². The number of nitrogens with zero attached hydrogens (tertiary/aromatic N) is 4. The summed E-state index contributed by atoms with van der Waals surface area (Å²) in [7, 11) is 1.49. The third kappa shape index (κ3) is 3.67. The summed E-state index contributed by atoms with van der Waals surface area (Å²) in [5.41, 5.74) is 2.92. The van der Waals surface area contributed by atoms with Crippen LogP contribution in [0, 0.1) is 0 Å². The first-order chi connectivity index (χ1) is 13.1. The number of carbonyl (C=O) groups excluding carboxylic acids is 1. The molecular weight excluding hydrogens is 344 g/mol. The van der Waals surface area contributed by atoms with Crippen LogP contribution in [0.2, 0.25) is 0 Å². The Morgan fingerprint density at radius 2 is 1.89 bits per heavy atom. The molecule has 0 aliphatic heterocycles. The van der Waals surface area contributed by atoms with Gasteiger partial charge in [0.05, 0.1) is 30.9 Å². The van der Waals surface area contributed by atoms with E-state index in [4.69, 9.17) is 9.47 Å². The van der Waals surface area contributed by atoms with Crippen LogP contribution in [0.3, 0.4) is 0 Å². The summed E-state index contributed by atoms with van der Waals surface area (Å²) in [6.07, 6.45) is 6.84. The van der Waals surface area contributed by atoms with Gasteiger partial charge in [-0.1, -0.05) is 6.07 Å². The van der Waals surface area contributed by atoms with E-state index < -0.39 is 0 Å². The average molecular weight is 366 g/mol. The van der Waals surface area contributed by atoms with Crippen molar-refractivity contribution in [3.63, 3.8) is 0 Å². The molecule has 3 heterocycles. The van der Waals surface area contributed by atoms with Crippen molar-refractivity contribution in [1.29, 1.82) is 0 Å². The van der Waals surface area contributed by atoms with Crippen LogP contribution in [0.1, 0.15) is 48.8 Å². The zero-order valence-electron chi connectivity index (χ0n) is 15.8. The van der Waals surface area contributed by atoms with E-state index in [1.54, 1.807) is 12.4 Å². The van der Waals surface area contributed by atoms with Crippen LogP contribution in [0.15, 0.2) is 43.0 Å². The molecule has 0 N–H and O–H groups in total. The molecule has 0 aliphatic carbocycles. The number of rotatable bonds is 7. The van der Waals surface area contributed by atoms with Crippen LogP contribution in [0.4, 0.5) is 0 Å². The van der Waals surface area contributed by atoms with Gasteiger partial charge in [-0.3, -0.25) is 19.4 Å². The summed E-state index contributed by atoms with van der Waals surface area (Å²) >= 11 is 0. The number of methoxy groups -OCH3 is 1. The predicted octanol–water partition coefficient (Wildman–Crippen LogP) is 3.88. The Balaban J connectivity index is 1.99. The summed E-state index contributed by atoms with van der Waals surface area (Å²) in [6, 6.07) is 5.95. The minimum Gasteiger partial charge on any atom is -0.494 e. The fraction of sp³-hybridized carbons (Fsp3) is 0.300. The van der Waals surface area contributed by atoms with Gasteiger partial charge in [-0.15, -0.1) is 0 Å². The van der Waals surface area contributed by atoms with Crippen molar-refractivity contribution in [3.8, 4) is 22.9 Å². The van der Waals surface area contributed by atoms with Crippen LogP contribution < -0.4 is 9.47 Å². The Bertz CT molecular complexity index is 936. The van der Waals surface area contributed by atoms with Gasteiger partial charge in [0.2, 0.25) is 0 Å². The highest BCUT2D eigenvalue weighted by Crippen LogP contribution is 2.33. The molecule has 0 saturated carbocycles. The maximum absolute atomic E-state index is 11.5. The normalized spacial score (nSPS) is 12.0.